The molecule has 0 saturated carbocycles. The smallest absolute Gasteiger partial charge is 0.0315 e. The molecule has 0 unspecified atom stereocenters. The Bertz CT molecular complexity index is 151. The van der Waals surface area contributed by atoms with Gasteiger partial charge >= 0.3 is 0 Å². The topological polar surface area (TPSA) is 0 Å². The molecule has 0 N–H and O–H groups in total. The summed E-state index contributed by atoms with van der Waals surface area (Å²) in [6.07, 6.45) is 8.12. The highest BCUT2D eigenvalue weighted by molar-refractivity contribution is 5.11. The molecule has 0 aliphatic heterocycles. The Morgan fingerprint density at radius 3 is 2.33 bits per heavy atom. The van der Waals surface area contributed by atoms with E-state index in [9.17, 15) is 0 Å². The number of unbranched alkanes of at least 4 members (excludes halogenated alkanes) is 1. The Balaban J connectivity index is 3.90. The molecule has 0 amide bonds. The predicted molar refractivity (Wildman–Crippen MR) is 57.3 cm³/mol. The van der Waals surface area contributed by atoms with Gasteiger partial charge in [-0.1, -0.05) is 31.1 Å². The van der Waals surface area contributed by atoms with Crippen molar-refractivity contribution in [2.24, 2.45) is 0 Å². The monoisotopic (exact) mass is 166 g/mol. The fourth-order valence-corrected chi connectivity index (χ4v) is 1.40. The van der Waals surface area contributed by atoms with E-state index in [0.29, 0.717) is 0 Å². The molecule has 12 heavy (non-hydrogen) atoms. The predicted octanol–water partition coefficient (Wildman–Crippen LogP) is 4.48. The Kier molecular flexibility index (Phi) is 6.84. The quantitative estimate of drug-likeness (QED) is 0.403. The summed E-state index contributed by atoms with van der Waals surface area (Å²) in [6, 6.07) is 0. The summed E-state index contributed by atoms with van der Waals surface area (Å²) in [6.45, 7) is 10.5. The molecule has 0 fully saturated rings. The maximum Gasteiger partial charge on any atom is -0.0315 e. The van der Waals surface area contributed by atoms with Gasteiger partial charge in [0.15, 0.2) is 0 Å². The molecule has 70 valence electrons. The zero-order valence-electron chi connectivity index (χ0n) is 8.82. The SMILES string of the molecule is C=CCCCC(CC)=C(C)CC. The minimum absolute atomic E-state index is 1.15. The number of hydrogen-bond donors (Lipinski definition) is 0. The van der Waals surface area contributed by atoms with Gasteiger partial charge in [0.25, 0.3) is 0 Å². The highest BCUT2D eigenvalue weighted by Gasteiger charge is 1.97. The first-order valence-corrected chi connectivity index (χ1v) is 5.04. The molecule has 0 aromatic rings. The van der Waals surface area contributed by atoms with E-state index in [0.717, 1.165) is 6.42 Å². The molecule has 0 spiro atoms. The molecule has 0 saturated heterocycles. The lowest BCUT2D eigenvalue weighted by Gasteiger charge is -2.07. The van der Waals surface area contributed by atoms with Gasteiger partial charge in [-0.2, -0.15) is 0 Å². The number of hydrogen-bond acceptors (Lipinski definition) is 0. The Morgan fingerprint density at radius 1 is 1.25 bits per heavy atom. The van der Waals surface area contributed by atoms with Crippen LogP contribution in [0.5, 0.6) is 0 Å². The van der Waals surface area contributed by atoms with Gasteiger partial charge in [-0.3, -0.25) is 0 Å². The maximum atomic E-state index is 3.73. The third-order valence-corrected chi connectivity index (χ3v) is 2.45. The van der Waals surface area contributed by atoms with Gasteiger partial charge in [-0.05, 0) is 39.0 Å². The first-order valence-electron chi connectivity index (χ1n) is 5.04. The van der Waals surface area contributed by atoms with Gasteiger partial charge in [0.2, 0.25) is 0 Å². The molecule has 0 aromatic carbocycles. The second-order valence-corrected chi connectivity index (χ2v) is 3.27. The van der Waals surface area contributed by atoms with Crippen LogP contribution < -0.4 is 0 Å². The van der Waals surface area contributed by atoms with Crippen LogP contribution in [0.4, 0.5) is 0 Å². The molecular formula is C12H22. The lowest BCUT2D eigenvalue weighted by atomic mass is 9.99. The van der Waals surface area contributed by atoms with E-state index in [1.807, 2.05) is 6.08 Å². The lowest BCUT2D eigenvalue weighted by Crippen LogP contribution is -1.87. The summed E-state index contributed by atoms with van der Waals surface area (Å²) in [4.78, 5) is 0. The van der Waals surface area contributed by atoms with Gasteiger partial charge in [0.05, 0.1) is 0 Å². The third kappa shape index (κ3) is 4.38. The van der Waals surface area contributed by atoms with Crippen molar-refractivity contribution >= 4 is 0 Å². The van der Waals surface area contributed by atoms with Crippen molar-refractivity contribution in [3.8, 4) is 0 Å². The van der Waals surface area contributed by atoms with E-state index >= 15 is 0 Å². The summed E-state index contributed by atoms with van der Waals surface area (Å²) in [5, 5.41) is 0. The molecule has 0 bridgehead atoms. The van der Waals surface area contributed by atoms with Crippen LogP contribution in [0.1, 0.15) is 52.9 Å². The standard InChI is InChI=1S/C12H22/c1-5-8-9-10-12(7-3)11(4)6-2/h5H,1,6-10H2,2-4H3. The fraction of sp³-hybridized carbons (Fsp3) is 0.667. The molecule has 0 aliphatic rings. The van der Waals surface area contributed by atoms with E-state index in [2.05, 4.69) is 27.4 Å². The van der Waals surface area contributed by atoms with Crippen LogP contribution in [0.15, 0.2) is 23.8 Å². The Labute approximate surface area is 77.4 Å². The molecular weight excluding hydrogens is 144 g/mol. The van der Waals surface area contributed by atoms with Crippen molar-refractivity contribution < 1.29 is 0 Å². The number of allylic oxidation sites excluding steroid dienone is 3. The molecule has 0 heteroatoms. The minimum Gasteiger partial charge on any atom is -0.103 e. The average Bonchev–Trinajstić information content (AvgIpc) is 2.11. The summed E-state index contributed by atoms with van der Waals surface area (Å²) in [7, 11) is 0. The normalized spacial score (nSPS) is 12.6. The fourth-order valence-electron chi connectivity index (χ4n) is 1.40. The molecule has 0 nitrogen and oxygen atoms in total. The van der Waals surface area contributed by atoms with Gasteiger partial charge in [0.1, 0.15) is 0 Å². The van der Waals surface area contributed by atoms with Crippen LogP contribution in [0.2, 0.25) is 0 Å². The van der Waals surface area contributed by atoms with Gasteiger partial charge in [0, 0.05) is 0 Å². The number of rotatable bonds is 6. The van der Waals surface area contributed by atoms with Crippen molar-refractivity contribution in [2.75, 3.05) is 0 Å². The first kappa shape index (κ1) is 11.5. The zero-order valence-corrected chi connectivity index (χ0v) is 8.82. The third-order valence-electron chi connectivity index (χ3n) is 2.45. The highest BCUT2D eigenvalue weighted by atomic mass is 14.0. The molecule has 0 radical (unpaired) electrons. The van der Waals surface area contributed by atoms with Crippen molar-refractivity contribution in [1.29, 1.82) is 0 Å². The maximum absolute atomic E-state index is 3.73. The van der Waals surface area contributed by atoms with Crippen molar-refractivity contribution in [3.63, 3.8) is 0 Å². The summed E-state index contributed by atoms with van der Waals surface area (Å²) in [5.74, 6) is 0. The molecule has 0 heterocycles. The van der Waals surface area contributed by atoms with Gasteiger partial charge < -0.3 is 0 Å². The summed E-state index contributed by atoms with van der Waals surface area (Å²) < 4.78 is 0. The largest absolute Gasteiger partial charge is 0.103 e. The van der Waals surface area contributed by atoms with Crippen LogP contribution in [-0.4, -0.2) is 0 Å². The summed E-state index contributed by atoms with van der Waals surface area (Å²) in [5.41, 5.74) is 3.24. The van der Waals surface area contributed by atoms with E-state index in [1.165, 1.54) is 25.7 Å². The van der Waals surface area contributed by atoms with Crippen LogP contribution in [-0.2, 0) is 0 Å². The Hall–Kier alpha value is -0.520. The molecule has 0 atom stereocenters. The van der Waals surface area contributed by atoms with Crippen LogP contribution >= 0.6 is 0 Å². The molecule has 0 aliphatic carbocycles. The second kappa shape index (κ2) is 7.15. The minimum atomic E-state index is 1.15. The van der Waals surface area contributed by atoms with E-state index in [-0.39, 0.29) is 0 Å². The van der Waals surface area contributed by atoms with Crippen LogP contribution in [0.3, 0.4) is 0 Å². The van der Waals surface area contributed by atoms with Crippen LogP contribution in [0, 0.1) is 0 Å². The van der Waals surface area contributed by atoms with Crippen molar-refractivity contribution in [2.45, 2.75) is 52.9 Å². The zero-order chi connectivity index (χ0) is 9.40. The molecule has 0 aromatic heterocycles. The summed E-state index contributed by atoms with van der Waals surface area (Å²) >= 11 is 0. The lowest BCUT2D eigenvalue weighted by molar-refractivity contribution is 0.784. The molecule has 0 rings (SSSR count). The highest BCUT2D eigenvalue weighted by Crippen LogP contribution is 2.17. The van der Waals surface area contributed by atoms with E-state index in [4.69, 9.17) is 0 Å². The van der Waals surface area contributed by atoms with E-state index in [1.54, 1.807) is 11.1 Å². The van der Waals surface area contributed by atoms with Gasteiger partial charge in [-0.15, -0.1) is 6.58 Å². The average molecular weight is 166 g/mol. The van der Waals surface area contributed by atoms with E-state index < -0.39 is 0 Å². The van der Waals surface area contributed by atoms with Crippen molar-refractivity contribution in [1.82, 2.24) is 0 Å². The van der Waals surface area contributed by atoms with Crippen LogP contribution in [0.25, 0.3) is 0 Å². The van der Waals surface area contributed by atoms with Gasteiger partial charge in [-0.25, -0.2) is 0 Å². The second-order valence-electron chi connectivity index (χ2n) is 3.27. The first-order chi connectivity index (χ1) is 5.76. The van der Waals surface area contributed by atoms with Crippen molar-refractivity contribution in [3.05, 3.63) is 23.8 Å². The Morgan fingerprint density at radius 2 is 1.92 bits per heavy atom.